The van der Waals surface area contributed by atoms with Crippen LogP contribution in [0.15, 0.2) is 88.3 Å². The molecule has 0 saturated carbocycles. The number of anilines is 1. The van der Waals surface area contributed by atoms with Crippen LogP contribution in [0.25, 0.3) is 11.0 Å². The van der Waals surface area contributed by atoms with Gasteiger partial charge < -0.3 is 14.5 Å². The Kier molecular flexibility index (Phi) is 5.12. The molecule has 0 bridgehead atoms. The summed E-state index contributed by atoms with van der Waals surface area (Å²) >= 11 is 0. The molecule has 1 heterocycles. The predicted molar refractivity (Wildman–Crippen MR) is 114 cm³/mol. The van der Waals surface area contributed by atoms with E-state index in [0.717, 1.165) is 22.4 Å². The molecule has 0 aliphatic rings. The summed E-state index contributed by atoms with van der Waals surface area (Å²) in [5, 5.41) is 3.73. The molecule has 5 nitrogen and oxygen atoms in total. The highest BCUT2D eigenvalue weighted by Crippen LogP contribution is 2.19. The summed E-state index contributed by atoms with van der Waals surface area (Å²) in [5.74, 6) is 0.427. The van der Waals surface area contributed by atoms with Gasteiger partial charge in [0.25, 0.3) is 5.91 Å². The number of methoxy groups -OCH3 is 1. The number of ether oxygens (including phenoxy) is 1. The van der Waals surface area contributed by atoms with Crippen molar-refractivity contribution in [3.8, 4) is 5.75 Å². The molecule has 0 saturated heterocycles. The highest BCUT2D eigenvalue weighted by Gasteiger charge is 2.13. The number of nitrogens with one attached hydrogen (secondary N) is 1. The van der Waals surface area contributed by atoms with Gasteiger partial charge in [-0.15, -0.1) is 0 Å². The van der Waals surface area contributed by atoms with Crippen LogP contribution in [-0.4, -0.2) is 13.0 Å². The van der Waals surface area contributed by atoms with E-state index in [1.54, 1.807) is 37.4 Å². The quantitative estimate of drug-likeness (QED) is 0.524. The number of para-hydroxylation sites is 2. The van der Waals surface area contributed by atoms with Gasteiger partial charge in [-0.1, -0.05) is 36.4 Å². The zero-order valence-corrected chi connectivity index (χ0v) is 16.2. The van der Waals surface area contributed by atoms with Crippen LogP contribution >= 0.6 is 0 Å². The van der Waals surface area contributed by atoms with Gasteiger partial charge in [-0.05, 0) is 55.0 Å². The van der Waals surface area contributed by atoms with Crippen LogP contribution in [0.1, 0.15) is 15.9 Å². The van der Waals surface area contributed by atoms with Gasteiger partial charge in [0.2, 0.25) is 5.55 Å². The van der Waals surface area contributed by atoms with Crippen LogP contribution in [-0.2, 0) is 0 Å². The molecule has 0 spiro atoms. The fourth-order valence-corrected chi connectivity index (χ4v) is 2.99. The molecule has 0 aliphatic heterocycles. The molecule has 144 valence electrons. The molecule has 0 fully saturated rings. The molecule has 0 radical (unpaired) electrons. The maximum atomic E-state index is 13.0. The topological polar surface area (TPSA) is 63.8 Å². The van der Waals surface area contributed by atoms with Gasteiger partial charge in [-0.3, -0.25) is 4.79 Å². The van der Waals surface area contributed by atoms with E-state index in [1.165, 1.54) is 0 Å². The van der Waals surface area contributed by atoms with Crippen molar-refractivity contribution in [1.82, 2.24) is 0 Å². The van der Waals surface area contributed by atoms with E-state index in [9.17, 15) is 4.79 Å². The van der Waals surface area contributed by atoms with E-state index in [-0.39, 0.29) is 11.5 Å². The highest BCUT2D eigenvalue weighted by molar-refractivity contribution is 6.05. The van der Waals surface area contributed by atoms with Crippen molar-refractivity contribution >= 4 is 28.3 Å². The van der Waals surface area contributed by atoms with Crippen molar-refractivity contribution in [3.63, 3.8) is 0 Å². The van der Waals surface area contributed by atoms with Crippen LogP contribution in [0.4, 0.5) is 11.4 Å². The van der Waals surface area contributed by atoms with Crippen LogP contribution < -0.4 is 15.6 Å². The lowest BCUT2D eigenvalue weighted by atomic mass is 10.1. The van der Waals surface area contributed by atoms with Crippen molar-refractivity contribution in [3.05, 3.63) is 95.5 Å². The molecule has 1 aromatic heterocycles. The van der Waals surface area contributed by atoms with Crippen molar-refractivity contribution in [2.75, 3.05) is 12.4 Å². The van der Waals surface area contributed by atoms with E-state index < -0.39 is 0 Å². The number of fused-ring (bicyclic) bond motifs is 1. The van der Waals surface area contributed by atoms with Gasteiger partial charge in [0, 0.05) is 11.1 Å². The standard InChI is InChI=1S/C24H20N2O3/c1-16-7-3-5-9-21(16)26-24-20(15-17-8-4-6-10-22(17)29-24)23(27)25-18-11-13-19(28-2)14-12-18/h3-15H,1-2H3,(H,25,27). The number of nitrogens with zero attached hydrogens (tertiary/aromatic N) is 1. The first kappa shape index (κ1) is 18.5. The van der Waals surface area contributed by atoms with E-state index in [2.05, 4.69) is 10.3 Å². The van der Waals surface area contributed by atoms with E-state index in [1.807, 2.05) is 55.5 Å². The van der Waals surface area contributed by atoms with Crippen molar-refractivity contribution in [1.29, 1.82) is 0 Å². The Bertz CT molecular complexity index is 1240. The minimum atomic E-state index is -0.294. The minimum absolute atomic E-state index is 0.268. The van der Waals surface area contributed by atoms with Gasteiger partial charge in [0.15, 0.2) is 0 Å². The average molecular weight is 384 g/mol. The smallest absolute Gasteiger partial charge is 0.261 e. The number of rotatable bonds is 4. The van der Waals surface area contributed by atoms with Crippen LogP contribution in [0.5, 0.6) is 5.75 Å². The third-order valence-electron chi connectivity index (χ3n) is 4.59. The first-order chi connectivity index (χ1) is 14.1. The zero-order chi connectivity index (χ0) is 20.2. The van der Waals surface area contributed by atoms with Crippen molar-refractivity contribution < 1.29 is 13.9 Å². The number of benzene rings is 3. The Labute approximate surface area is 168 Å². The summed E-state index contributed by atoms with van der Waals surface area (Å²) in [4.78, 5) is 17.7. The van der Waals surface area contributed by atoms with Gasteiger partial charge in [0.05, 0.1) is 12.8 Å². The van der Waals surface area contributed by atoms with Crippen LogP contribution in [0.3, 0.4) is 0 Å². The number of carbonyl (C=O) groups is 1. The molecule has 1 amide bonds. The SMILES string of the molecule is COc1ccc(NC(=O)c2cc3ccccc3oc2=Nc2ccccc2C)cc1. The largest absolute Gasteiger partial charge is 0.497 e. The molecule has 29 heavy (non-hydrogen) atoms. The van der Waals surface area contributed by atoms with Crippen molar-refractivity contribution in [2.24, 2.45) is 4.99 Å². The number of hydrogen-bond donors (Lipinski definition) is 1. The average Bonchev–Trinajstić information content (AvgIpc) is 2.75. The summed E-state index contributed by atoms with van der Waals surface area (Å²) in [7, 11) is 1.60. The molecule has 5 heteroatoms. The van der Waals surface area contributed by atoms with Gasteiger partial charge >= 0.3 is 0 Å². The second-order valence-electron chi connectivity index (χ2n) is 6.58. The van der Waals surface area contributed by atoms with E-state index in [0.29, 0.717) is 16.8 Å². The lowest BCUT2D eigenvalue weighted by molar-refractivity contribution is 0.102. The molecule has 3 aromatic carbocycles. The number of aryl methyl sites for hydroxylation is 1. The fourth-order valence-electron chi connectivity index (χ4n) is 2.99. The Morgan fingerprint density at radius 3 is 2.45 bits per heavy atom. The third kappa shape index (κ3) is 4.04. The Morgan fingerprint density at radius 2 is 1.69 bits per heavy atom. The molecule has 0 atom stereocenters. The molecule has 4 rings (SSSR count). The van der Waals surface area contributed by atoms with Crippen LogP contribution in [0.2, 0.25) is 0 Å². The molecule has 0 unspecified atom stereocenters. The summed E-state index contributed by atoms with van der Waals surface area (Å²) < 4.78 is 11.2. The Balaban J connectivity index is 1.81. The molecule has 0 aliphatic carbocycles. The highest BCUT2D eigenvalue weighted by atomic mass is 16.5. The lowest BCUT2D eigenvalue weighted by Crippen LogP contribution is -2.21. The summed E-state index contributed by atoms with van der Waals surface area (Å²) in [5.41, 5.74) is 3.71. The van der Waals surface area contributed by atoms with E-state index >= 15 is 0 Å². The monoisotopic (exact) mass is 384 g/mol. The lowest BCUT2D eigenvalue weighted by Gasteiger charge is -2.08. The Hall–Kier alpha value is -3.86. The first-order valence-corrected chi connectivity index (χ1v) is 9.23. The first-order valence-electron chi connectivity index (χ1n) is 9.23. The molecular formula is C24H20N2O3. The van der Waals surface area contributed by atoms with Gasteiger partial charge in [-0.25, -0.2) is 4.99 Å². The molecule has 4 aromatic rings. The minimum Gasteiger partial charge on any atom is -0.497 e. The van der Waals surface area contributed by atoms with E-state index in [4.69, 9.17) is 9.15 Å². The Morgan fingerprint density at radius 1 is 0.966 bits per heavy atom. The van der Waals surface area contributed by atoms with Gasteiger partial charge in [0.1, 0.15) is 16.9 Å². The summed E-state index contributed by atoms with van der Waals surface area (Å²) in [6, 6.07) is 24.2. The van der Waals surface area contributed by atoms with Crippen LogP contribution in [0, 0.1) is 6.92 Å². The van der Waals surface area contributed by atoms with Gasteiger partial charge in [-0.2, -0.15) is 0 Å². The third-order valence-corrected chi connectivity index (χ3v) is 4.59. The number of amides is 1. The maximum absolute atomic E-state index is 13.0. The second-order valence-corrected chi connectivity index (χ2v) is 6.58. The second kappa shape index (κ2) is 8.02. The molecule has 1 N–H and O–H groups in total. The summed E-state index contributed by atoms with van der Waals surface area (Å²) in [6.45, 7) is 1.97. The number of hydrogen-bond acceptors (Lipinski definition) is 4. The molecular weight excluding hydrogens is 364 g/mol. The maximum Gasteiger partial charge on any atom is 0.261 e. The normalized spacial score (nSPS) is 11.4. The predicted octanol–water partition coefficient (Wildman–Crippen LogP) is 5.23. The van der Waals surface area contributed by atoms with Crippen molar-refractivity contribution in [2.45, 2.75) is 6.92 Å². The summed E-state index contributed by atoms with van der Waals surface area (Å²) in [6.07, 6.45) is 0. The fraction of sp³-hybridized carbons (Fsp3) is 0.0833. The number of carbonyl (C=O) groups excluding carboxylic acids is 1. The zero-order valence-electron chi connectivity index (χ0n) is 16.2.